The van der Waals surface area contributed by atoms with Crippen LogP contribution in [-0.2, 0) is 31.9 Å². The van der Waals surface area contributed by atoms with Gasteiger partial charge in [0.1, 0.15) is 6.33 Å². The van der Waals surface area contributed by atoms with Gasteiger partial charge in [0.05, 0.1) is 5.52 Å². The van der Waals surface area contributed by atoms with E-state index >= 15 is 0 Å². The molecule has 3 aromatic carbocycles. The molecule has 0 saturated heterocycles. The molecule has 5 nitrogen and oxygen atoms in total. The molecule has 0 fully saturated rings. The number of nitrogens with zero attached hydrogens (tertiary/aromatic N) is 4. The summed E-state index contributed by atoms with van der Waals surface area (Å²) < 4.78 is 8.86. The van der Waals surface area contributed by atoms with Crippen LogP contribution in [0.1, 0.15) is 63.9 Å². The van der Waals surface area contributed by atoms with Crippen LogP contribution in [0.5, 0.6) is 11.5 Å². The SMILES string of the molecule is Cc1c(C)n2c3ccc(Oc4[c-]c(-c5cc(C(C)(C)C)ccn5)cc(C(C)(C)C)c4)[c-]c3c3ncnc4ccc1c2c43.[Pt+2]. The van der Waals surface area contributed by atoms with Crippen LogP contribution in [0.25, 0.3) is 49.5 Å². The average molecular weight is 746 g/mol. The van der Waals surface area contributed by atoms with Crippen molar-refractivity contribution in [1.82, 2.24) is 19.4 Å². The van der Waals surface area contributed by atoms with Crippen LogP contribution in [0.15, 0.2) is 61.1 Å². The second-order valence-electron chi connectivity index (χ2n) is 13.4. The molecule has 0 aliphatic carbocycles. The average Bonchev–Trinajstić information content (AvgIpc) is 3.21. The van der Waals surface area contributed by atoms with E-state index in [-0.39, 0.29) is 31.9 Å². The summed E-state index contributed by atoms with van der Waals surface area (Å²) in [7, 11) is 0. The number of aryl methyl sites for hydroxylation is 2. The maximum absolute atomic E-state index is 6.54. The van der Waals surface area contributed by atoms with Gasteiger partial charge in [0.25, 0.3) is 0 Å². The summed E-state index contributed by atoms with van der Waals surface area (Å²) in [5.41, 5.74) is 10.6. The molecule has 0 bridgehead atoms. The van der Waals surface area contributed by atoms with Crippen molar-refractivity contribution in [2.24, 2.45) is 0 Å². The van der Waals surface area contributed by atoms with Gasteiger partial charge in [0.2, 0.25) is 0 Å². The van der Waals surface area contributed by atoms with Gasteiger partial charge in [-0.25, -0.2) is 4.98 Å². The molecule has 0 atom stereocenters. The number of hydrogen-bond donors (Lipinski definition) is 0. The van der Waals surface area contributed by atoms with Crippen molar-refractivity contribution in [1.29, 1.82) is 0 Å². The number of benzene rings is 3. The summed E-state index contributed by atoms with van der Waals surface area (Å²) in [6, 6.07) is 23.9. The molecule has 0 spiro atoms. The zero-order valence-electron chi connectivity index (χ0n) is 25.8. The quantitative estimate of drug-likeness (QED) is 0.103. The van der Waals surface area contributed by atoms with E-state index in [9.17, 15) is 0 Å². The maximum atomic E-state index is 6.54. The minimum Gasteiger partial charge on any atom is -0.497 e. The first-order valence-electron chi connectivity index (χ1n) is 14.4. The summed E-state index contributed by atoms with van der Waals surface area (Å²) in [5.74, 6) is 1.25. The summed E-state index contributed by atoms with van der Waals surface area (Å²) >= 11 is 0. The van der Waals surface area contributed by atoms with Gasteiger partial charge in [0, 0.05) is 45.2 Å². The summed E-state index contributed by atoms with van der Waals surface area (Å²) in [5, 5.41) is 3.19. The second-order valence-corrected chi connectivity index (χ2v) is 13.4. The van der Waals surface area contributed by atoms with Gasteiger partial charge in [-0.05, 0) is 59.1 Å². The molecular weight excluding hydrogens is 712 g/mol. The Hall–Kier alpha value is -3.82. The fourth-order valence-corrected chi connectivity index (χ4v) is 5.92. The predicted molar refractivity (Wildman–Crippen MR) is 171 cm³/mol. The van der Waals surface area contributed by atoms with Crippen LogP contribution in [-0.4, -0.2) is 19.4 Å². The van der Waals surface area contributed by atoms with Crippen molar-refractivity contribution in [3.05, 3.63) is 95.6 Å². The van der Waals surface area contributed by atoms with E-state index in [0.717, 1.165) is 49.7 Å². The van der Waals surface area contributed by atoms with Crippen molar-refractivity contribution in [3.63, 3.8) is 0 Å². The van der Waals surface area contributed by atoms with Crippen molar-refractivity contribution in [2.45, 2.75) is 66.2 Å². The fourth-order valence-electron chi connectivity index (χ4n) is 5.92. The van der Waals surface area contributed by atoms with Crippen molar-refractivity contribution < 1.29 is 25.8 Å². The topological polar surface area (TPSA) is 52.3 Å². The Morgan fingerprint density at radius 1 is 0.767 bits per heavy atom. The van der Waals surface area contributed by atoms with E-state index in [0.29, 0.717) is 11.5 Å². The Morgan fingerprint density at radius 3 is 2.28 bits per heavy atom. The Morgan fingerprint density at radius 2 is 1.53 bits per heavy atom. The van der Waals surface area contributed by atoms with Crippen molar-refractivity contribution in [2.75, 3.05) is 0 Å². The van der Waals surface area contributed by atoms with Gasteiger partial charge in [-0.15, -0.1) is 23.3 Å². The molecule has 0 unspecified atom stereocenters. The largest absolute Gasteiger partial charge is 2.00 e. The molecular formula is C37H34N4OPt. The fraction of sp³-hybridized carbons (Fsp3) is 0.270. The number of hydrogen-bond acceptors (Lipinski definition) is 4. The van der Waals surface area contributed by atoms with E-state index in [2.05, 4.69) is 119 Å². The first-order chi connectivity index (χ1) is 19.9. The van der Waals surface area contributed by atoms with Crippen LogP contribution in [0.3, 0.4) is 0 Å². The van der Waals surface area contributed by atoms with Gasteiger partial charge in [-0.3, -0.25) is 4.98 Å². The molecule has 7 aromatic rings. The summed E-state index contributed by atoms with van der Waals surface area (Å²) in [4.78, 5) is 14.0. The number of aromatic nitrogens is 4. The van der Waals surface area contributed by atoms with Crippen LogP contribution in [0.4, 0.5) is 0 Å². The minimum atomic E-state index is -0.0887. The van der Waals surface area contributed by atoms with Crippen molar-refractivity contribution >= 4 is 38.2 Å². The van der Waals surface area contributed by atoms with Gasteiger partial charge in [-0.1, -0.05) is 83.3 Å². The molecule has 0 aliphatic rings. The molecule has 4 heterocycles. The minimum absolute atomic E-state index is 0. The van der Waals surface area contributed by atoms with E-state index in [1.807, 2.05) is 12.3 Å². The van der Waals surface area contributed by atoms with Crippen LogP contribution in [0.2, 0.25) is 0 Å². The van der Waals surface area contributed by atoms with Crippen LogP contribution < -0.4 is 4.74 Å². The number of pyridine rings is 2. The predicted octanol–water partition coefficient (Wildman–Crippen LogP) is 9.29. The summed E-state index contributed by atoms with van der Waals surface area (Å²) in [6.45, 7) is 17.6. The molecule has 0 saturated carbocycles. The zero-order valence-corrected chi connectivity index (χ0v) is 28.1. The van der Waals surface area contributed by atoms with Gasteiger partial charge in [0.15, 0.2) is 0 Å². The molecule has 0 aliphatic heterocycles. The normalized spacial score (nSPS) is 12.5. The molecule has 7 rings (SSSR count). The van der Waals surface area contributed by atoms with Gasteiger partial charge >= 0.3 is 21.1 Å². The molecule has 0 amide bonds. The first kappa shape index (κ1) is 29.3. The molecule has 0 radical (unpaired) electrons. The molecule has 0 N–H and O–H groups in total. The third kappa shape index (κ3) is 4.79. The first-order valence-corrected chi connectivity index (χ1v) is 14.4. The smallest absolute Gasteiger partial charge is 0.497 e. The molecule has 43 heavy (non-hydrogen) atoms. The Kier molecular flexibility index (Phi) is 6.89. The maximum Gasteiger partial charge on any atom is 2.00 e. The Labute approximate surface area is 266 Å². The van der Waals surface area contributed by atoms with E-state index in [1.54, 1.807) is 6.33 Å². The molecule has 218 valence electrons. The Bertz CT molecular complexity index is 2170. The standard InChI is InChI=1S/C37H34N4O.Pt/c1-21-22(2)41-32-12-9-26(19-29(32)34-33-30(39-20-40-34)11-10-28(21)35(33)41)42-27-16-23(15-25(17-27)37(6,7)8)31-18-24(13-14-38-31)36(3,4)5;/h9-15,17-18,20H,1-8H3;/q-2;+2. The van der Waals surface area contributed by atoms with E-state index in [1.165, 1.54) is 22.2 Å². The summed E-state index contributed by atoms with van der Waals surface area (Å²) in [6.07, 6.45) is 3.52. The second kappa shape index (κ2) is 10.1. The van der Waals surface area contributed by atoms with Gasteiger partial charge in [-0.2, -0.15) is 0 Å². The third-order valence-corrected chi connectivity index (χ3v) is 8.49. The number of rotatable bonds is 3. The molecule has 6 heteroatoms. The monoisotopic (exact) mass is 745 g/mol. The van der Waals surface area contributed by atoms with E-state index in [4.69, 9.17) is 14.7 Å². The number of fused-ring (bicyclic) bond motifs is 3. The van der Waals surface area contributed by atoms with Crippen molar-refractivity contribution in [3.8, 4) is 22.8 Å². The Balaban J connectivity index is 0.00000329. The molecule has 4 aromatic heterocycles. The number of ether oxygens (including phenoxy) is 1. The zero-order chi connectivity index (χ0) is 29.6. The van der Waals surface area contributed by atoms with E-state index < -0.39 is 0 Å². The van der Waals surface area contributed by atoms with Crippen LogP contribution >= 0.6 is 0 Å². The third-order valence-electron chi connectivity index (χ3n) is 8.49. The van der Waals surface area contributed by atoms with Crippen LogP contribution in [0, 0.1) is 26.0 Å². The van der Waals surface area contributed by atoms with Gasteiger partial charge < -0.3 is 14.1 Å².